The van der Waals surface area contributed by atoms with Crippen molar-refractivity contribution < 1.29 is 38.1 Å². The lowest BCUT2D eigenvalue weighted by atomic mass is 10.5. The van der Waals surface area contributed by atoms with Crippen LogP contribution in [0.2, 0.25) is 0 Å². The van der Waals surface area contributed by atoms with E-state index in [1.54, 1.807) is 24.3 Å². The summed E-state index contributed by atoms with van der Waals surface area (Å²) in [7, 11) is 4.94. The fourth-order valence-electron chi connectivity index (χ4n) is 1.94. The molecule has 0 aromatic carbocycles. The van der Waals surface area contributed by atoms with Crippen LogP contribution in [-0.2, 0) is 38.1 Å². The van der Waals surface area contributed by atoms with Gasteiger partial charge in [-0.1, -0.05) is 59.2 Å². The number of thioether (sulfide) groups is 4. The topological polar surface area (TPSA) is 105 Å². The molecule has 8 nitrogen and oxygen atoms in total. The zero-order chi connectivity index (χ0) is 22.3. The maximum Gasteiger partial charge on any atom is 0.346 e. The molecule has 0 aliphatic carbocycles. The Kier molecular flexibility index (Phi) is 9.21. The summed E-state index contributed by atoms with van der Waals surface area (Å²) in [5, 5.41) is 0. The first-order valence-corrected chi connectivity index (χ1v) is 11.2. The van der Waals surface area contributed by atoms with E-state index < -0.39 is 23.9 Å². The van der Waals surface area contributed by atoms with E-state index in [2.05, 4.69) is 0 Å². The smallest absolute Gasteiger partial charge is 0.346 e. The Hall–Kier alpha value is -2.02. The predicted molar refractivity (Wildman–Crippen MR) is 118 cm³/mol. The van der Waals surface area contributed by atoms with E-state index in [0.29, 0.717) is 8.47 Å². The minimum atomic E-state index is -0.613. The molecule has 0 saturated carbocycles. The second kappa shape index (κ2) is 11.4. The highest BCUT2D eigenvalue weighted by Gasteiger charge is 2.33. The van der Waals surface area contributed by atoms with Gasteiger partial charge in [0, 0.05) is 0 Å². The Morgan fingerprint density at radius 2 is 0.767 bits per heavy atom. The minimum Gasteiger partial charge on any atom is -0.465 e. The number of allylic oxidation sites excluding steroid dienone is 4. The van der Waals surface area contributed by atoms with E-state index >= 15 is 0 Å². The van der Waals surface area contributed by atoms with Crippen molar-refractivity contribution in [1.82, 2.24) is 0 Å². The molecule has 0 spiro atoms. The number of carbonyl (C=O) groups is 4. The molecule has 0 aromatic heterocycles. The van der Waals surface area contributed by atoms with E-state index in [9.17, 15) is 19.2 Å². The molecule has 0 saturated heterocycles. The third kappa shape index (κ3) is 5.78. The van der Waals surface area contributed by atoms with Crippen LogP contribution in [0.1, 0.15) is 0 Å². The number of rotatable bonds is 6. The van der Waals surface area contributed by atoms with Crippen molar-refractivity contribution in [2.24, 2.45) is 0 Å². The second-order valence-corrected chi connectivity index (χ2v) is 9.77. The van der Waals surface area contributed by atoms with Gasteiger partial charge in [0.1, 0.15) is 19.6 Å². The summed E-state index contributed by atoms with van der Waals surface area (Å²) in [6, 6.07) is 0. The van der Waals surface area contributed by atoms with Gasteiger partial charge < -0.3 is 18.9 Å². The Morgan fingerprint density at radius 3 is 0.967 bits per heavy atom. The van der Waals surface area contributed by atoms with Crippen LogP contribution in [0.5, 0.6) is 0 Å². The first-order valence-electron chi connectivity index (χ1n) is 7.98. The molecular weight excluding hydrogens is 472 g/mol. The summed E-state index contributed by atoms with van der Waals surface area (Å²) in [6.45, 7) is 0. The summed E-state index contributed by atoms with van der Waals surface area (Å²) in [4.78, 5) is 48.1. The Labute approximate surface area is 189 Å². The molecule has 0 aromatic rings. The minimum absolute atomic E-state index is 0.170. The third-order valence-electron chi connectivity index (χ3n) is 3.28. The summed E-state index contributed by atoms with van der Waals surface area (Å²) in [5.41, 5.74) is 0. The number of hydrogen-bond acceptors (Lipinski definition) is 12. The van der Waals surface area contributed by atoms with Gasteiger partial charge in [-0.25, -0.2) is 19.2 Å². The average molecular weight is 489 g/mol. The van der Waals surface area contributed by atoms with Crippen LogP contribution in [0, 0.1) is 0 Å². The molecule has 0 unspecified atom stereocenters. The second-order valence-electron chi connectivity index (χ2n) is 5.05. The molecule has 0 radical (unpaired) electrons. The lowest BCUT2D eigenvalue weighted by Crippen LogP contribution is -2.08. The summed E-state index contributed by atoms with van der Waals surface area (Å²) in [6.07, 6.45) is 6.83. The summed E-state index contributed by atoms with van der Waals surface area (Å²) in [5.74, 6) is -2.45. The lowest BCUT2D eigenvalue weighted by molar-refractivity contribution is -0.138. The van der Waals surface area contributed by atoms with Crippen molar-refractivity contribution >= 4 is 70.9 Å². The predicted octanol–water partition coefficient (Wildman–Crippen LogP) is 3.30. The Morgan fingerprint density at radius 1 is 0.533 bits per heavy atom. The number of methoxy groups -OCH3 is 4. The normalized spacial score (nSPS) is 16.1. The maximum absolute atomic E-state index is 11.9. The zero-order valence-electron chi connectivity index (χ0n) is 16.2. The van der Waals surface area contributed by atoms with Gasteiger partial charge in [-0.05, 0) is 12.2 Å². The number of hydrogen-bond donors (Lipinski definition) is 0. The molecule has 2 heterocycles. The van der Waals surface area contributed by atoms with Gasteiger partial charge in [0.15, 0.2) is 0 Å². The van der Waals surface area contributed by atoms with Gasteiger partial charge in [0.25, 0.3) is 0 Å². The van der Waals surface area contributed by atoms with E-state index in [4.69, 9.17) is 18.9 Å². The molecular formula is C18H16O8S4. The molecule has 0 fully saturated rings. The highest BCUT2D eigenvalue weighted by molar-refractivity contribution is 8.29. The zero-order valence-corrected chi connectivity index (χ0v) is 19.5. The molecule has 2 aliphatic rings. The monoisotopic (exact) mass is 488 g/mol. The average Bonchev–Trinajstić information content (AvgIpc) is 3.39. The molecule has 160 valence electrons. The van der Waals surface area contributed by atoms with Crippen molar-refractivity contribution in [2.75, 3.05) is 28.4 Å². The van der Waals surface area contributed by atoms with Gasteiger partial charge >= 0.3 is 23.9 Å². The fraction of sp³-hybridized carbons (Fsp3) is 0.222. The Balaban J connectivity index is 2.10. The van der Waals surface area contributed by atoms with E-state index in [1.165, 1.54) is 28.4 Å². The van der Waals surface area contributed by atoms with Crippen LogP contribution >= 0.6 is 47.0 Å². The van der Waals surface area contributed by atoms with E-state index in [1.807, 2.05) is 0 Å². The SMILES string of the molecule is COC(=O)C1=C(C(=O)OC)SC(=C/C=C/C=C2SC(C(=O)OC)=C(C(=O)OC)S2)S1. The van der Waals surface area contributed by atoms with Crippen LogP contribution in [-0.4, -0.2) is 52.3 Å². The van der Waals surface area contributed by atoms with Crippen molar-refractivity contribution in [3.63, 3.8) is 0 Å². The molecule has 0 amide bonds. The van der Waals surface area contributed by atoms with Crippen molar-refractivity contribution in [2.45, 2.75) is 0 Å². The van der Waals surface area contributed by atoms with Gasteiger partial charge in [-0.2, -0.15) is 0 Å². The third-order valence-corrected chi connectivity index (χ3v) is 8.19. The molecule has 0 bridgehead atoms. The molecule has 30 heavy (non-hydrogen) atoms. The highest BCUT2D eigenvalue weighted by atomic mass is 32.2. The van der Waals surface area contributed by atoms with E-state index in [-0.39, 0.29) is 19.6 Å². The number of esters is 4. The lowest BCUT2D eigenvalue weighted by Gasteiger charge is -2.00. The molecule has 2 aliphatic heterocycles. The molecule has 2 rings (SSSR count). The van der Waals surface area contributed by atoms with Gasteiger partial charge in [0.05, 0.1) is 36.9 Å². The van der Waals surface area contributed by atoms with Gasteiger partial charge in [0.2, 0.25) is 0 Å². The van der Waals surface area contributed by atoms with Crippen LogP contribution in [0.15, 0.2) is 52.4 Å². The summed E-state index contributed by atoms with van der Waals surface area (Å²) >= 11 is 4.43. The van der Waals surface area contributed by atoms with Gasteiger partial charge in [-0.3, -0.25) is 0 Å². The molecule has 12 heteroatoms. The summed E-state index contributed by atoms with van der Waals surface area (Å²) < 4.78 is 20.2. The van der Waals surface area contributed by atoms with Crippen molar-refractivity contribution in [3.8, 4) is 0 Å². The van der Waals surface area contributed by atoms with Crippen LogP contribution in [0.4, 0.5) is 0 Å². The number of ether oxygens (including phenoxy) is 4. The maximum atomic E-state index is 11.9. The first kappa shape index (κ1) is 24.3. The Bertz CT molecular complexity index is 792. The van der Waals surface area contributed by atoms with E-state index in [0.717, 1.165) is 47.0 Å². The van der Waals surface area contributed by atoms with Crippen LogP contribution in [0.25, 0.3) is 0 Å². The van der Waals surface area contributed by atoms with Crippen LogP contribution < -0.4 is 0 Å². The fourth-order valence-corrected chi connectivity index (χ4v) is 6.54. The van der Waals surface area contributed by atoms with Crippen LogP contribution in [0.3, 0.4) is 0 Å². The van der Waals surface area contributed by atoms with Crippen molar-refractivity contribution in [1.29, 1.82) is 0 Å². The highest BCUT2D eigenvalue weighted by Crippen LogP contribution is 2.51. The number of carbonyl (C=O) groups excluding carboxylic acids is 4. The standard InChI is InChI=1S/C18H16O8S4/c1-23-15(19)11-12(16(20)24-2)28-9(27-11)7-5-6-8-10-29-13(17(21)25-3)14(30-10)18(22)26-4/h5-8H,1-4H3/b6-5+. The molecule has 0 N–H and O–H groups in total. The quantitative estimate of drug-likeness (QED) is 0.404. The largest absolute Gasteiger partial charge is 0.465 e. The first-order chi connectivity index (χ1) is 14.4. The van der Waals surface area contributed by atoms with Crippen molar-refractivity contribution in [3.05, 3.63) is 52.4 Å². The van der Waals surface area contributed by atoms with Gasteiger partial charge in [-0.15, -0.1) is 0 Å². The molecule has 0 atom stereocenters.